The van der Waals surface area contributed by atoms with Crippen LogP contribution in [-0.2, 0) is 6.42 Å². The second-order valence-electron chi connectivity index (χ2n) is 4.36. The zero-order valence-corrected chi connectivity index (χ0v) is 11.9. The monoisotopic (exact) mass is 287 g/mol. The van der Waals surface area contributed by atoms with E-state index < -0.39 is 0 Å². The third kappa shape index (κ3) is 2.80. The van der Waals surface area contributed by atoms with Crippen LogP contribution in [0, 0.1) is 5.21 Å². The van der Waals surface area contributed by atoms with Crippen LogP contribution in [0.5, 0.6) is 0 Å². The molecule has 0 amide bonds. The highest BCUT2D eigenvalue weighted by Gasteiger charge is 2.34. The molecule has 1 aliphatic rings. The van der Waals surface area contributed by atoms with E-state index in [9.17, 15) is 5.21 Å². The van der Waals surface area contributed by atoms with Gasteiger partial charge in [-0.1, -0.05) is 48.5 Å². The lowest BCUT2D eigenvalue weighted by Crippen LogP contribution is -2.21. The summed E-state index contributed by atoms with van der Waals surface area (Å²) in [6, 6.07) is 20.3. The number of benzene rings is 2. The van der Waals surface area contributed by atoms with Gasteiger partial charge < -0.3 is 5.21 Å². The van der Waals surface area contributed by atoms with Crippen LogP contribution in [0.25, 0.3) is 0 Å². The molecule has 0 bridgehead atoms. The number of hydrogen-bond donors (Lipinski definition) is 0. The summed E-state index contributed by atoms with van der Waals surface area (Å²) in [6.07, 6.45) is 0.890. The maximum Gasteiger partial charge on any atom is 0.246 e. The second-order valence-corrected chi connectivity index (χ2v) is 6.62. The molecule has 1 unspecified atom stereocenters. The van der Waals surface area contributed by atoms with Crippen LogP contribution >= 0.6 is 21.8 Å². The smallest absolute Gasteiger partial charge is 0.246 e. The van der Waals surface area contributed by atoms with Crippen LogP contribution in [0.3, 0.4) is 0 Å². The summed E-state index contributed by atoms with van der Waals surface area (Å²) >= 11 is 0. The SMILES string of the molecule is [O-][N+]1=C(c2ccccc2)C(Cc2ccccc2)SS1. The fourth-order valence-corrected chi connectivity index (χ4v) is 4.56. The van der Waals surface area contributed by atoms with E-state index in [1.54, 1.807) is 10.8 Å². The van der Waals surface area contributed by atoms with Gasteiger partial charge in [0, 0.05) is 5.56 Å². The van der Waals surface area contributed by atoms with Gasteiger partial charge in [0.1, 0.15) is 5.25 Å². The highest BCUT2D eigenvalue weighted by Crippen LogP contribution is 2.38. The number of hydrogen-bond acceptors (Lipinski definition) is 3. The Morgan fingerprint density at radius 1 is 0.947 bits per heavy atom. The van der Waals surface area contributed by atoms with Crippen molar-refractivity contribution in [2.24, 2.45) is 0 Å². The first-order valence-corrected chi connectivity index (χ1v) is 8.28. The second kappa shape index (κ2) is 5.72. The summed E-state index contributed by atoms with van der Waals surface area (Å²) < 4.78 is 1.05. The van der Waals surface area contributed by atoms with Gasteiger partial charge in [-0.3, -0.25) is 0 Å². The normalized spacial score (nSPS) is 18.8. The van der Waals surface area contributed by atoms with Crippen LogP contribution in [0.2, 0.25) is 0 Å². The maximum atomic E-state index is 12.0. The minimum absolute atomic E-state index is 0.215. The van der Waals surface area contributed by atoms with Crippen molar-refractivity contribution in [1.82, 2.24) is 0 Å². The quantitative estimate of drug-likeness (QED) is 0.370. The largest absolute Gasteiger partial charge is 0.610 e. The first-order chi connectivity index (χ1) is 9.34. The van der Waals surface area contributed by atoms with Crippen molar-refractivity contribution >= 4 is 27.5 Å². The molecule has 3 rings (SSSR count). The van der Waals surface area contributed by atoms with E-state index in [4.69, 9.17) is 0 Å². The lowest BCUT2D eigenvalue weighted by atomic mass is 10.0. The van der Waals surface area contributed by atoms with Gasteiger partial charge in [0.05, 0.1) is 0 Å². The lowest BCUT2D eigenvalue weighted by Gasteiger charge is -2.08. The fourth-order valence-electron chi connectivity index (χ4n) is 2.15. The Labute approximate surface area is 120 Å². The Morgan fingerprint density at radius 2 is 1.58 bits per heavy atom. The van der Waals surface area contributed by atoms with Gasteiger partial charge in [0.25, 0.3) is 0 Å². The summed E-state index contributed by atoms with van der Waals surface area (Å²) in [5.41, 5.74) is 3.17. The van der Waals surface area contributed by atoms with Crippen LogP contribution in [0.4, 0.5) is 0 Å². The van der Waals surface area contributed by atoms with E-state index in [1.165, 1.54) is 16.5 Å². The van der Waals surface area contributed by atoms with Crippen LogP contribution in [0.1, 0.15) is 11.1 Å². The van der Waals surface area contributed by atoms with Crippen molar-refractivity contribution in [3.63, 3.8) is 0 Å². The zero-order valence-electron chi connectivity index (χ0n) is 10.2. The predicted octanol–water partition coefficient (Wildman–Crippen LogP) is 3.91. The first-order valence-electron chi connectivity index (χ1n) is 6.11. The van der Waals surface area contributed by atoms with Crippen molar-refractivity contribution < 1.29 is 4.14 Å². The summed E-state index contributed by atoms with van der Waals surface area (Å²) in [7, 11) is 2.93. The summed E-state index contributed by atoms with van der Waals surface area (Å²) in [5, 5.41) is 12.2. The molecular weight excluding hydrogens is 274 g/mol. The Balaban J connectivity index is 1.87. The molecule has 19 heavy (non-hydrogen) atoms. The summed E-state index contributed by atoms with van der Waals surface area (Å²) in [4.78, 5) is 0. The molecule has 0 radical (unpaired) electrons. The third-order valence-electron chi connectivity index (χ3n) is 3.06. The molecule has 2 aromatic carbocycles. The molecule has 0 aromatic heterocycles. The van der Waals surface area contributed by atoms with Gasteiger partial charge in [-0.2, -0.15) is 0 Å². The highest BCUT2D eigenvalue weighted by molar-refractivity contribution is 8.75. The molecule has 0 N–H and O–H groups in total. The highest BCUT2D eigenvalue weighted by atomic mass is 33.1. The van der Waals surface area contributed by atoms with Crippen molar-refractivity contribution in [1.29, 1.82) is 0 Å². The molecule has 0 saturated carbocycles. The minimum atomic E-state index is 0.215. The van der Waals surface area contributed by atoms with E-state index in [-0.39, 0.29) is 5.25 Å². The molecule has 0 saturated heterocycles. The van der Waals surface area contributed by atoms with Crippen LogP contribution < -0.4 is 0 Å². The Kier molecular flexibility index (Phi) is 3.80. The van der Waals surface area contributed by atoms with Crippen LogP contribution in [-0.4, -0.2) is 15.1 Å². The van der Waals surface area contributed by atoms with E-state index in [0.29, 0.717) is 0 Å². The van der Waals surface area contributed by atoms with Gasteiger partial charge in [0.2, 0.25) is 16.7 Å². The Hall–Kier alpha value is -1.39. The molecule has 96 valence electrons. The lowest BCUT2D eigenvalue weighted by molar-refractivity contribution is -0.253. The van der Waals surface area contributed by atoms with Gasteiger partial charge >= 0.3 is 0 Å². The topological polar surface area (TPSA) is 26.1 Å². The van der Waals surface area contributed by atoms with E-state index >= 15 is 0 Å². The zero-order chi connectivity index (χ0) is 13.1. The van der Waals surface area contributed by atoms with Gasteiger partial charge in [-0.15, -0.1) is 4.14 Å². The average molecular weight is 287 g/mol. The fraction of sp³-hybridized carbons (Fsp3) is 0.133. The minimum Gasteiger partial charge on any atom is -0.610 e. The Morgan fingerprint density at radius 3 is 2.26 bits per heavy atom. The predicted molar refractivity (Wildman–Crippen MR) is 83.3 cm³/mol. The Bertz CT molecular complexity index is 584. The summed E-state index contributed by atoms with van der Waals surface area (Å²) in [5.74, 6) is 0. The molecule has 4 heteroatoms. The van der Waals surface area contributed by atoms with Gasteiger partial charge in [-0.05, 0) is 34.9 Å². The molecule has 0 spiro atoms. The standard InChI is InChI=1S/C15H13NOS2/c17-16-15(13-9-5-2-6-10-13)14(18-19-16)11-12-7-3-1-4-8-12/h1-10,14H,11H2. The molecular formula is C15H13NOS2. The maximum absolute atomic E-state index is 12.0. The first kappa shape index (κ1) is 12.6. The van der Waals surface area contributed by atoms with E-state index in [0.717, 1.165) is 21.8 Å². The van der Waals surface area contributed by atoms with Crippen molar-refractivity contribution in [3.05, 3.63) is 77.0 Å². The number of nitrogens with zero attached hydrogens (tertiary/aromatic N) is 1. The number of rotatable bonds is 3. The molecule has 2 aromatic rings. The molecule has 1 heterocycles. The molecule has 1 atom stereocenters. The van der Waals surface area contributed by atoms with Crippen LogP contribution in [0.15, 0.2) is 60.7 Å². The van der Waals surface area contributed by atoms with Crippen molar-refractivity contribution in [2.45, 2.75) is 11.7 Å². The van der Waals surface area contributed by atoms with E-state index in [1.807, 2.05) is 48.5 Å². The molecule has 0 fully saturated rings. The van der Waals surface area contributed by atoms with Crippen molar-refractivity contribution in [3.8, 4) is 0 Å². The molecule has 2 nitrogen and oxygen atoms in total. The van der Waals surface area contributed by atoms with Gasteiger partial charge in [0.15, 0.2) is 0 Å². The molecule has 1 aliphatic heterocycles. The average Bonchev–Trinajstić information content (AvgIpc) is 2.82. The van der Waals surface area contributed by atoms with E-state index in [2.05, 4.69) is 12.1 Å². The third-order valence-corrected chi connectivity index (χ3v) is 5.46. The van der Waals surface area contributed by atoms with Gasteiger partial charge in [-0.25, -0.2) is 0 Å². The summed E-state index contributed by atoms with van der Waals surface area (Å²) in [6.45, 7) is 0. The van der Waals surface area contributed by atoms with Crippen molar-refractivity contribution in [2.75, 3.05) is 0 Å². The molecule has 0 aliphatic carbocycles.